The Balaban J connectivity index is 1.83. The number of aromatic nitrogens is 4. The SMILES string of the molecule is Cc1cc(C#Cc2cn(Cc3ncccc3C)c(C)n2)ccn1. The predicted molar refractivity (Wildman–Crippen MR) is 90.0 cm³/mol. The molecule has 0 aliphatic heterocycles. The van der Waals surface area contributed by atoms with Crippen LogP contribution in [0.4, 0.5) is 0 Å². The summed E-state index contributed by atoms with van der Waals surface area (Å²) < 4.78 is 2.08. The van der Waals surface area contributed by atoms with Gasteiger partial charge in [-0.1, -0.05) is 12.0 Å². The summed E-state index contributed by atoms with van der Waals surface area (Å²) in [7, 11) is 0. The molecule has 3 aromatic heterocycles. The van der Waals surface area contributed by atoms with E-state index in [2.05, 4.69) is 44.4 Å². The summed E-state index contributed by atoms with van der Waals surface area (Å²) in [6.45, 7) is 6.72. The minimum atomic E-state index is 0.710. The second-order valence-electron chi connectivity index (χ2n) is 5.50. The molecule has 3 rings (SSSR count). The Labute approximate surface area is 136 Å². The van der Waals surface area contributed by atoms with Gasteiger partial charge in [0.25, 0.3) is 0 Å². The Bertz CT molecular complexity index is 897. The fraction of sp³-hybridized carbons (Fsp3) is 0.211. The van der Waals surface area contributed by atoms with E-state index in [0.717, 1.165) is 28.5 Å². The van der Waals surface area contributed by atoms with E-state index in [-0.39, 0.29) is 0 Å². The molecule has 0 spiro atoms. The van der Waals surface area contributed by atoms with Crippen molar-refractivity contribution in [3.8, 4) is 11.8 Å². The molecular formula is C19H18N4. The maximum absolute atomic E-state index is 4.52. The van der Waals surface area contributed by atoms with Crippen molar-refractivity contribution >= 4 is 0 Å². The highest BCUT2D eigenvalue weighted by atomic mass is 15.1. The van der Waals surface area contributed by atoms with Crippen LogP contribution >= 0.6 is 0 Å². The van der Waals surface area contributed by atoms with Crippen molar-refractivity contribution in [1.82, 2.24) is 19.5 Å². The molecule has 0 saturated carbocycles. The van der Waals surface area contributed by atoms with E-state index in [0.29, 0.717) is 6.54 Å². The summed E-state index contributed by atoms with van der Waals surface area (Å²) >= 11 is 0. The van der Waals surface area contributed by atoms with Crippen LogP contribution in [0, 0.1) is 32.6 Å². The minimum absolute atomic E-state index is 0.710. The molecule has 114 valence electrons. The monoisotopic (exact) mass is 302 g/mol. The van der Waals surface area contributed by atoms with E-state index in [9.17, 15) is 0 Å². The van der Waals surface area contributed by atoms with Crippen molar-refractivity contribution in [1.29, 1.82) is 0 Å². The quantitative estimate of drug-likeness (QED) is 0.683. The lowest BCUT2D eigenvalue weighted by Gasteiger charge is -2.06. The summed E-state index contributed by atoms with van der Waals surface area (Å²) in [5.74, 6) is 7.19. The smallest absolute Gasteiger partial charge is 0.131 e. The minimum Gasteiger partial charge on any atom is -0.328 e. The molecule has 0 saturated heterocycles. The first kappa shape index (κ1) is 15.0. The molecule has 0 N–H and O–H groups in total. The number of imidazole rings is 1. The van der Waals surface area contributed by atoms with Gasteiger partial charge in [0.2, 0.25) is 0 Å². The molecule has 0 aliphatic carbocycles. The Morgan fingerprint density at radius 3 is 2.70 bits per heavy atom. The first-order valence-electron chi connectivity index (χ1n) is 7.51. The van der Waals surface area contributed by atoms with Crippen LogP contribution in [0.5, 0.6) is 0 Å². The maximum Gasteiger partial charge on any atom is 0.131 e. The van der Waals surface area contributed by atoms with Crippen LogP contribution in [0.2, 0.25) is 0 Å². The number of pyridine rings is 2. The summed E-state index contributed by atoms with van der Waals surface area (Å²) in [6.07, 6.45) is 5.57. The van der Waals surface area contributed by atoms with Crippen molar-refractivity contribution < 1.29 is 0 Å². The predicted octanol–water partition coefficient (Wildman–Crippen LogP) is 3.05. The zero-order valence-electron chi connectivity index (χ0n) is 13.5. The standard InChI is InChI=1S/C19H18N4/c1-14-5-4-9-21-19(14)13-23-12-18(22-16(23)3)7-6-17-8-10-20-15(2)11-17/h4-5,8-12H,13H2,1-3H3. The first-order chi connectivity index (χ1) is 11.1. The van der Waals surface area contributed by atoms with Crippen LogP contribution in [-0.4, -0.2) is 19.5 Å². The molecule has 0 fully saturated rings. The van der Waals surface area contributed by atoms with Gasteiger partial charge in [-0.2, -0.15) is 0 Å². The molecule has 0 atom stereocenters. The van der Waals surface area contributed by atoms with Crippen molar-refractivity contribution in [3.63, 3.8) is 0 Å². The molecule has 0 amide bonds. The maximum atomic E-state index is 4.52. The van der Waals surface area contributed by atoms with Crippen molar-refractivity contribution in [2.75, 3.05) is 0 Å². The zero-order chi connectivity index (χ0) is 16.2. The lowest BCUT2D eigenvalue weighted by Crippen LogP contribution is -2.04. The van der Waals surface area contributed by atoms with Gasteiger partial charge in [0.05, 0.1) is 12.2 Å². The Kier molecular flexibility index (Phi) is 4.20. The fourth-order valence-electron chi connectivity index (χ4n) is 2.33. The van der Waals surface area contributed by atoms with Crippen LogP contribution in [0.1, 0.15) is 34.0 Å². The summed E-state index contributed by atoms with van der Waals surface area (Å²) in [5.41, 5.74) is 4.91. The van der Waals surface area contributed by atoms with Gasteiger partial charge in [-0.15, -0.1) is 0 Å². The Morgan fingerprint density at radius 1 is 1.04 bits per heavy atom. The van der Waals surface area contributed by atoms with Gasteiger partial charge >= 0.3 is 0 Å². The normalized spacial score (nSPS) is 10.2. The molecule has 0 aliphatic rings. The van der Waals surface area contributed by atoms with Gasteiger partial charge in [0.1, 0.15) is 11.5 Å². The topological polar surface area (TPSA) is 43.6 Å². The van der Waals surface area contributed by atoms with Gasteiger partial charge in [-0.3, -0.25) is 9.97 Å². The van der Waals surface area contributed by atoms with E-state index in [1.165, 1.54) is 5.56 Å². The third-order valence-electron chi connectivity index (χ3n) is 3.65. The molecule has 23 heavy (non-hydrogen) atoms. The largest absolute Gasteiger partial charge is 0.328 e. The number of nitrogens with zero attached hydrogens (tertiary/aromatic N) is 4. The Morgan fingerprint density at radius 2 is 1.91 bits per heavy atom. The van der Waals surface area contributed by atoms with Crippen LogP contribution < -0.4 is 0 Å². The molecule has 4 nitrogen and oxygen atoms in total. The molecule has 0 unspecified atom stereocenters. The molecule has 3 heterocycles. The highest BCUT2D eigenvalue weighted by Gasteiger charge is 2.05. The van der Waals surface area contributed by atoms with Gasteiger partial charge in [-0.05, 0) is 50.5 Å². The van der Waals surface area contributed by atoms with Gasteiger partial charge in [-0.25, -0.2) is 4.98 Å². The van der Waals surface area contributed by atoms with Crippen molar-refractivity contribution in [2.45, 2.75) is 27.3 Å². The number of aryl methyl sites for hydroxylation is 3. The van der Waals surface area contributed by atoms with Crippen LogP contribution in [0.3, 0.4) is 0 Å². The van der Waals surface area contributed by atoms with Crippen LogP contribution in [0.25, 0.3) is 0 Å². The summed E-state index contributed by atoms with van der Waals surface area (Å²) in [6, 6.07) is 7.89. The molecule has 0 bridgehead atoms. The summed E-state index contributed by atoms with van der Waals surface area (Å²) in [5, 5.41) is 0. The van der Waals surface area contributed by atoms with E-state index in [4.69, 9.17) is 0 Å². The lowest BCUT2D eigenvalue weighted by molar-refractivity contribution is 0.737. The highest BCUT2D eigenvalue weighted by Crippen LogP contribution is 2.09. The third-order valence-corrected chi connectivity index (χ3v) is 3.65. The molecule has 3 aromatic rings. The fourth-order valence-corrected chi connectivity index (χ4v) is 2.33. The first-order valence-corrected chi connectivity index (χ1v) is 7.51. The second kappa shape index (κ2) is 6.45. The molecule has 4 heteroatoms. The van der Waals surface area contributed by atoms with Crippen LogP contribution in [0.15, 0.2) is 42.9 Å². The van der Waals surface area contributed by atoms with Gasteiger partial charge < -0.3 is 4.57 Å². The average Bonchev–Trinajstić information content (AvgIpc) is 2.88. The average molecular weight is 302 g/mol. The molecule has 0 aromatic carbocycles. The molecule has 0 radical (unpaired) electrons. The van der Waals surface area contributed by atoms with Crippen molar-refractivity contribution in [2.24, 2.45) is 0 Å². The van der Waals surface area contributed by atoms with E-state index < -0.39 is 0 Å². The van der Waals surface area contributed by atoms with Crippen molar-refractivity contribution in [3.05, 3.63) is 76.9 Å². The van der Waals surface area contributed by atoms with Gasteiger partial charge in [0.15, 0.2) is 0 Å². The Hall–Kier alpha value is -2.93. The number of rotatable bonds is 2. The lowest BCUT2D eigenvalue weighted by atomic mass is 10.2. The third kappa shape index (κ3) is 3.64. The van der Waals surface area contributed by atoms with E-state index in [1.54, 1.807) is 6.20 Å². The summed E-state index contributed by atoms with van der Waals surface area (Å²) in [4.78, 5) is 13.1. The van der Waals surface area contributed by atoms with E-state index in [1.807, 2.05) is 44.4 Å². The number of hydrogen-bond donors (Lipinski definition) is 0. The molecular weight excluding hydrogens is 284 g/mol. The van der Waals surface area contributed by atoms with Crippen LogP contribution in [-0.2, 0) is 6.54 Å². The highest BCUT2D eigenvalue weighted by molar-refractivity contribution is 5.39. The number of hydrogen-bond acceptors (Lipinski definition) is 3. The second-order valence-corrected chi connectivity index (χ2v) is 5.50. The zero-order valence-corrected chi connectivity index (χ0v) is 13.5. The van der Waals surface area contributed by atoms with Gasteiger partial charge in [0, 0.05) is 29.8 Å². The van der Waals surface area contributed by atoms with E-state index >= 15 is 0 Å².